The standard InChI is InChI=1S/C14H16FNOS/c1-10(11-5-2-3-6-12(11)15)16-9-13(17)14-7-4-8-18-14/h2-8,10,13,16-17H,9H2,1H3/t10-,13?/m1/s1. The summed E-state index contributed by atoms with van der Waals surface area (Å²) in [5.74, 6) is -0.219. The maximum absolute atomic E-state index is 13.5. The molecule has 1 unspecified atom stereocenters. The average Bonchev–Trinajstić information content (AvgIpc) is 2.90. The van der Waals surface area contributed by atoms with E-state index in [0.29, 0.717) is 12.1 Å². The molecule has 0 spiro atoms. The molecule has 2 rings (SSSR count). The first-order chi connectivity index (χ1) is 8.68. The summed E-state index contributed by atoms with van der Waals surface area (Å²) in [5.41, 5.74) is 0.621. The second-order valence-electron chi connectivity index (χ2n) is 4.18. The lowest BCUT2D eigenvalue weighted by atomic mass is 10.1. The second kappa shape index (κ2) is 6.09. The van der Waals surface area contributed by atoms with Gasteiger partial charge >= 0.3 is 0 Å². The highest BCUT2D eigenvalue weighted by atomic mass is 32.1. The first-order valence-electron chi connectivity index (χ1n) is 5.87. The molecule has 2 aromatic rings. The van der Waals surface area contributed by atoms with E-state index >= 15 is 0 Å². The predicted molar refractivity (Wildman–Crippen MR) is 72.1 cm³/mol. The van der Waals surface area contributed by atoms with Gasteiger partial charge in [-0.15, -0.1) is 11.3 Å². The Morgan fingerprint density at radius 3 is 2.72 bits per heavy atom. The van der Waals surface area contributed by atoms with Crippen LogP contribution in [-0.4, -0.2) is 11.7 Å². The maximum Gasteiger partial charge on any atom is 0.127 e. The van der Waals surface area contributed by atoms with Gasteiger partial charge in [-0.1, -0.05) is 24.3 Å². The second-order valence-corrected chi connectivity index (χ2v) is 5.16. The molecule has 2 N–H and O–H groups in total. The lowest BCUT2D eigenvalue weighted by Gasteiger charge is -2.17. The Morgan fingerprint density at radius 1 is 1.28 bits per heavy atom. The number of aliphatic hydroxyl groups is 1. The molecular formula is C14H16FNOS. The van der Waals surface area contributed by atoms with Crippen LogP contribution in [0.15, 0.2) is 41.8 Å². The lowest BCUT2D eigenvalue weighted by Crippen LogP contribution is -2.24. The highest BCUT2D eigenvalue weighted by molar-refractivity contribution is 7.10. The van der Waals surface area contributed by atoms with E-state index in [4.69, 9.17) is 0 Å². The van der Waals surface area contributed by atoms with Crippen molar-refractivity contribution >= 4 is 11.3 Å². The number of aliphatic hydroxyl groups excluding tert-OH is 1. The average molecular weight is 265 g/mol. The number of rotatable bonds is 5. The van der Waals surface area contributed by atoms with Crippen molar-refractivity contribution in [2.75, 3.05) is 6.54 Å². The van der Waals surface area contributed by atoms with Crippen LogP contribution in [0.5, 0.6) is 0 Å². The molecule has 18 heavy (non-hydrogen) atoms. The van der Waals surface area contributed by atoms with E-state index in [1.54, 1.807) is 12.1 Å². The van der Waals surface area contributed by atoms with E-state index in [9.17, 15) is 9.50 Å². The van der Waals surface area contributed by atoms with Gasteiger partial charge < -0.3 is 10.4 Å². The smallest absolute Gasteiger partial charge is 0.127 e. The number of hydrogen-bond acceptors (Lipinski definition) is 3. The molecule has 1 heterocycles. The third kappa shape index (κ3) is 3.16. The summed E-state index contributed by atoms with van der Waals surface area (Å²) in [6.07, 6.45) is -0.542. The molecular weight excluding hydrogens is 249 g/mol. The quantitative estimate of drug-likeness (QED) is 0.869. The summed E-state index contributed by atoms with van der Waals surface area (Å²) in [5, 5.41) is 15.0. The van der Waals surface area contributed by atoms with Gasteiger partial charge in [0.15, 0.2) is 0 Å². The fourth-order valence-corrected chi connectivity index (χ4v) is 2.52. The van der Waals surface area contributed by atoms with Crippen molar-refractivity contribution in [1.82, 2.24) is 5.32 Å². The van der Waals surface area contributed by atoms with Crippen molar-refractivity contribution in [2.45, 2.75) is 19.1 Å². The first-order valence-corrected chi connectivity index (χ1v) is 6.75. The van der Waals surface area contributed by atoms with Gasteiger partial charge in [0, 0.05) is 23.0 Å². The Bertz CT molecular complexity index is 486. The summed E-state index contributed by atoms with van der Waals surface area (Å²) < 4.78 is 13.5. The third-order valence-corrected chi connectivity index (χ3v) is 3.83. The van der Waals surface area contributed by atoms with E-state index in [0.717, 1.165) is 4.88 Å². The molecule has 0 amide bonds. The molecule has 0 radical (unpaired) electrons. The molecule has 0 saturated heterocycles. The normalized spacial score (nSPS) is 14.4. The number of thiophene rings is 1. The molecule has 2 atom stereocenters. The van der Waals surface area contributed by atoms with Crippen LogP contribution in [0.1, 0.15) is 29.5 Å². The molecule has 0 saturated carbocycles. The number of nitrogens with one attached hydrogen (secondary N) is 1. The number of hydrogen-bond donors (Lipinski definition) is 2. The fraction of sp³-hybridized carbons (Fsp3) is 0.286. The molecule has 1 aromatic carbocycles. The Kier molecular flexibility index (Phi) is 4.47. The van der Waals surface area contributed by atoms with Gasteiger partial charge in [0.2, 0.25) is 0 Å². The van der Waals surface area contributed by atoms with Crippen LogP contribution in [0.4, 0.5) is 4.39 Å². The van der Waals surface area contributed by atoms with Crippen LogP contribution in [0.25, 0.3) is 0 Å². The van der Waals surface area contributed by atoms with Crippen molar-refractivity contribution in [3.63, 3.8) is 0 Å². The molecule has 2 nitrogen and oxygen atoms in total. The molecule has 96 valence electrons. The zero-order chi connectivity index (χ0) is 13.0. The van der Waals surface area contributed by atoms with Crippen LogP contribution < -0.4 is 5.32 Å². The van der Waals surface area contributed by atoms with Crippen molar-refractivity contribution in [2.24, 2.45) is 0 Å². The third-order valence-electron chi connectivity index (χ3n) is 2.86. The van der Waals surface area contributed by atoms with Crippen molar-refractivity contribution < 1.29 is 9.50 Å². The van der Waals surface area contributed by atoms with E-state index in [2.05, 4.69) is 5.32 Å². The summed E-state index contributed by atoms with van der Waals surface area (Å²) in [6.45, 7) is 2.30. The fourth-order valence-electron chi connectivity index (χ4n) is 1.81. The van der Waals surface area contributed by atoms with Crippen molar-refractivity contribution in [3.8, 4) is 0 Å². The van der Waals surface area contributed by atoms with Crippen LogP contribution in [0, 0.1) is 5.82 Å². The molecule has 0 aliphatic heterocycles. The summed E-state index contributed by atoms with van der Waals surface area (Å²) in [7, 11) is 0. The highest BCUT2D eigenvalue weighted by Gasteiger charge is 2.13. The zero-order valence-corrected chi connectivity index (χ0v) is 11.0. The van der Waals surface area contributed by atoms with Crippen molar-refractivity contribution in [3.05, 3.63) is 58.0 Å². The highest BCUT2D eigenvalue weighted by Crippen LogP contribution is 2.20. The molecule has 0 aliphatic carbocycles. The van der Waals surface area contributed by atoms with Crippen LogP contribution >= 0.6 is 11.3 Å². The maximum atomic E-state index is 13.5. The molecule has 1 aromatic heterocycles. The van der Waals surface area contributed by atoms with E-state index in [-0.39, 0.29) is 11.9 Å². The summed E-state index contributed by atoms with van der Waals surface area (Å²) in [6, 6.07) is 10.4. The van der Waals surface area contributed by atoms with Gasteiger partial charge in [-0.2, -0.15) is 0 Å². The van der Waals surface area contributed by atoms with Gasteiger partial charge in [0.25, 0.3) is 0 Å². The van der Waals surface area contributed by atoms with Gasteiger partial charge in [-0.3, -0.25) is 0 Å². The number of halogens is 1. The summed E-state index contributed by atoms with van der Waals surface area (Å²) in [4.78, 5) is 0.920. The Balaban J connectivity index is 1.93. The largest absolute Gasteiger partial charge is 0.386 e. The van der Waals surface area contributed by atoms with E-state index < -0.39 is 6.10 Å². The Labute approximate surface area is 110 Å². The van der Waals surface area contributed by atoms with E-state index in [1.165, 1.54) is 17.4 Å². The molecule has 4 heteroatoms. The minimum absolute atomic E-state index is 0.124. The van der Waals surface area contributed by atoms with Crippen molar-refractivity contribution in [1.29, 1.82) is 0 Å². The van der Waals surface area contributed by atoms with Gasteiger partial charge in [-0.25, -0.2) is 4.39 Å². The van der Waals surface area contributed by atoms with Crippen LogP contribution in [0.2, 0.25) is 0 Å². The lowest BCUT2D eigenvalue weighted by molar-refractivity contribution is 0.174. The van der Waals surface area contributed by atoms with Gasteiger partial charge in [0.05, 0.1) is 0 Å². The predicted octanol–water partition coefficient (Wildman–Crippen LogP) is 3.27. The van der Waals surface area contributed by atoms with E-state index in [1.807, 2.05) is 30.5 Å². The Hall–Kier alpha value is -1.23. The van der Waals surface area contributed by atoms with Crippen LogP contribution in [-0.2, 0) is 0 Å². The zero-order valence-electron chi connectivity index (χ0n) is 10.1. The minimum atomic E-state index is -0.542. The molecule has 0 aliphatic rings. The molecule has 0 bridgehead atoms. The SMILES string of the molecule is C[C@@H](NCC(O)c1cccs1)c1ccccc1F. The Morgan fingerprint density at radius 2 is 2.06 bits per heavy atom. The first kappa shape index (κ1) is 13.2. The minimum Gasteiger partial charge on any atom is -0.386 e. The van der Waals surface area contributed by atoms with Gasteiger partial charge in [0.1, 0.15) is 11.9 Å². The van der Waals surface area contributed by atoms with Crippen LogP contribution in [0.3, 0.4) is 0 Å². The number of benzene rings is 1. The summed E-state index contributed by atoms with van der Waals surface area (Å²) >= 11 is 1.52. The monoisotopic (exact) mass is 265 g/mol. The molecule has 0 fully saturated rings. The van der Waals surface area contributed by atoms with Gasteiger partial charge in [-0.05, 0) is 24.4 Å². The topological polar surface area (TPSA) is 32.3 Å².